The number of H-pyrrole nitrogens is 2. The Labute approximate surface area is 124 Å². The number of carbonyl (C=O) groups is 1. The normalized spacial score (nSPS) is 11.8. The molecule has 0 saturated heterocycles. The highest BCUT2D eigenvalue weighted by atomic mass is 19.1. The lowest BCUT2D eigenvalue weighted by Gasteiger charge is -2.15. The summed E-state index contributed by atoms with van der Waals surface area (Å²) in [5.41, 5.74) is -1.23. The number of anilines is 1. The van der Waals surface area contributed by atoms with Crippen LogP contribution in [0.2, 0.25) is 0 Å². The van der Waals surface area contributed by atoms with Crippen molar-refractivity contribution in [1.82, 2.24) is 9.97 Å². The zero-order chi connectivity index (χ0) is 16.3. The van der Waals surface area contributed by atoms with Crippen LogP contribution in [0.5, 0.6) is 5.75 Å². The Balaban J connectivity index is 2.12. The molecule has 0 radical (unpaired) electrons. The minimum Gasteiger partial charge on any atom is -0.481 e. The topological polar surface area (TPSA) is 104 Å². The summed E-state index contributed by atoms with van der Waals surface area (Å²) < 4.78 is 18.3. The van der Waals surface area contributed by atoms with Gasteiger partial charge in [-0.25, -0.2) is 9.18 Å². The van der Waals surface area contributed by atoms with Gasteiger partial charge in [-0.1, -0.05) is 6.07 Å². The lowest BCUT2D eigenvalue weighted by Crippen LogP contribution is -2.34. The van der Waals surface area contributed by atoms with Gasteiger partial charge in [-0.3, -0.25) is 14.6 Å². The SMILES string of the molecule is Cc1[nH]c(=O)[nH]c(=O)c1NC(=O)C(C)Oc1cccc(F)c1. The molecule has 0 bridgehead atoms. The monoisotopic (exact) mass is 307 g/mol. The van der Waals surface area contributed by atoms with Gasteiger partial charge in [0, 0.05) is 11.8 Å². The van der Waals surface area contributed by atoms with E-state index in [-0.39, 0.29) is 17.1 Å². The molecular formula is C14H14FN3O4. The van der Waals surface area contributed by atoms with Gasteiger partial charge < -0.3 is 15.0 Å². The van der Waals surface area contributed by atoms with Crippen molar-refractivity contribution in [3.63, 3.8) is 0 Å². The molecule has 1 amide bonds. The van der Waals surface area contributed by atoms with Crippen LogP contribution in [0.3, 0.4) is 0 Å². The Morgan fingerprint density at radius 1 is 1.32 bits per heavy atom. The summed E-state index contributed by atoms with van der Waals surface area (Å²) in [7, 11) is 0. The van der Waals surface area contributed by atoms with E-state index in [1.54, 1.807) is 0 Å². The summed E-state index contributed by atoms with van der Waals surface area (Å²) >= 11 is 0. The van der Waals surface area contributed by atoms with Crippen LogP contribution in [-0.4, -0.2) is 22.0 Å². The van der Waals surface area contributed by atoms with E-state index in [9.17, 15) is 18.8 Å². The molecule has 8 heteroatoms. The molecule has 1 atom stereocenters. The predicted molar refractivity (Wildman–Crippen MR) is 77.5 cm³/mol. The summed E-state index contributed by atoms with van der Waals surface area (Å²) in [6.07, 6.45) is -0.965. The Hall–Kier alpha value is -2.90. The number of aromatic nitrogens is 2. The third-order valence-corrected chi connectivity index (χ3v) is 2.86. The molecule has 0 aliphatic carbocycles. The average molecular weight is 307 g/mol. The predicted octanol–water partition coefficient (Wildman–Crippen LogP) is 0.917. The first kappa shape index (κ1) is 15.5. The van der Waals surface area contributed by atoms with E-state index < -0.39 is 29.1 Å². The van der Waals surface area contributed by atoms with E-state index in [1.807, 2.05) is 4.98 Å². The van der Waals surface area contributed by atoms with E-state index in [4.69, 9.17) is 4.74 Å². The van der Waals surface area contributed by atoms with Crippen LogP contribution in [-0.2, 0) is 4.79 Å². The highest BCUT2D eigenvalue weighted by molar-refractivity contribution is 5.94. The van der Waals surface area contributed by atoms with Crippen molar-refractivity contribution < 1.29 is 13.9 Å². The van der Waals surface area contributed by atoms with E-state index in [0.29, 0.717) is 0 Å². The molecule has 0 aliphatic rings. The molecule has 1 unspecified atom stereocenters. The number of rotatable bonds is 4. The molecule has 7 nitrogen and oxygen atoms in total. The average Bonchev–Trinajstić information content (AvgIpc) is 2.42. The second-order valence-electron chi connectivity index (χ2n) is 4.61. The van der Waals surface area contributed by atoms with Crippen LogP contribution in [0.1, 0.15) is 12.6 Å². The fourth-order valence-corrected chi connectivity index (χ4v) is 1.77. The van der Waals surface area contributed by atoms with Crippen LogP contribution in [0, 0.1) is 12.7 Å². The van der Waals surface area contributed by atoms with E-state index in [0.717, 1.165) is 6.07 Å². The highest BCUT2D eigenvalue weighted by Crippen LogP contribution is 2.14. The third-order valence-electron chi connectivity index (χ3n) is 2.86. The van der Waals surface area contributed by atoms with Crippen LogP contribution in [0.25, 0.3) is 0 Å². The zero-order valence-electron chi connectivity index (χ0n) is 11.9. The maximum atomic E-state index is 13.0. The molecule has 3 N–H and O–H groups in total. The molecule has 22 heavy (non-hydrogen) atoms. The van der Waals surface area contributed by atoms with Crippen LogP contribution < -0.4 is 21.3 Å². The molecular weight excluding hydrogens is 293 g/mol. The van der Waals surface area contributed by atoms with Gasteiger partial charge in [-0.05, 0) is 26.0 Å². The van der Waals surface area contributed by atoms with Gasteiger partial charge in [0.05, 0.1) is 0 Å². The summed E-state index contributed by atoms with van der Waals surface area (Å²) in [4.78, 5) is 39.1. The number of halogens is 1. The minimum absolute atomic E-state index is 0.0701. The second kappa shape index (κ2) is 6.25. The van der Waals surface area contributed by atoms with E-state index in [2.05, 4.69) is 10.3 Å². The van der Waals surface area contributed by atoms with Gasteiger partial charge in [-0.15, -0.1) is 0 Å². The van der Waals surface area contributed by atoms with E-state index in [1.165, 1.54) is 32.0 Å². The molecule has 2 aromatic rings. The molecule has 0 fully saturated rings. The molecule has 1 heterocycles. The van der Waals surface area contributed by atoms with Crippen LogP contribution >= 0.6 is 0 Å². The Morgan fingerprint density at radius 3 is 2.68 bits per heavy atom. The van der Waals surface area contributed by atoms with Crippen molar-refractivity contribution in [2.45, 2.75) is 20.0 Å². The number of hydrogen-bond donors (Lipinski definition) is 3. The number of nitrogens with one attached hydrogen (secondary N) is 3. The lowest BCUT2D eigenvalue weighted by atomic mass is 10.3. The molecule has 0 saturated carbocycles. The number of ether oxygens (including phenoxy) is 1. The van der Waals surface area contributed by atoms with Gasteiger partial charge in [0.25, 0.3) is 11.5 Å². The van der Waals surface area contributed by atoms with Gasteiger partial charge in [0.15, 0.2) is 6.10 Å². The first-order chi connectivity index (χ1) is 10.4. The van der Waals surface area contributed by atoms with Crippen molar-refractivity contribution in [3.8, 4) is 5.75 Å². The Morgan fingerprint density at radius 2 is 2.05 bits per heavy atom. The fourth-order valence-electron chi connectivity index (χ4n) is 1.77. The second-order valence-corrected chi connectivity index (χ2v) is 4.61. The van der Waals surface area contributed by atoms with Crippen LogP contribution in [0.15, 0.2) is 33.9 Å². The number of carbonyl (C=O) groups excluding carboxylic acids is 1. The van der Waals surface area contributed by atoms with Crippen molar-refractivity contribution in [2.75, 3.05) is 5.32 Å². The third kappa shape index (κ3) is 3.60. The number of amides is 1. The van der Waals surface area contributed by atoms with Gasteiger partial charge in [0.1, 0.15) is 17.3 Å². The fraction of sp³-hybridized carbons (Fsp3) is 0.214. The lowest BCUT2D eigenvalue weighted by molar-refractivity contribution is -0.122. The Bertz CT molecular complexity index is 812. The van der Waals surface area contributed by atoms with Crippen LogP contribution in [0.4, 0.5) is 10.1 Å². The largest absolute Gasteiger partial charge is 0.481 e. The molecule has 2 rings (SSSR count). The summed E-state index contributed by atoms with van der Waals surface area (Å²) in [5.74, 6) is -0.905. The van der Waals surface area contributed by atoms with Crippen molar-refractivity contribution >= 4 is 11.6 Å². The van der Waals surface area contributed by atoms with Crippen molar-refractivity contribution in [3.05, 3.63) is 56.6 Å². The summed E-state index contributed by atoms with van der Waals surface area (Å²) in [6, 6.07) is 5.35. The molecule has 1 aromatic carbocycles. The van der Waals surface area contributed by atoms with Crippen molar-refractivity contribution in [2.24, 2.45) is 0 Å². The molecule has 116 valence electrons. The van der Waals surface area contributed by atoms with E-state index >= 15 is 0 Å². The molecule has 0 spiro atoms. The quantitative estimate of drug-likeness (QED) is 0.781. The maximum absolute atomic E-state index is 13.0. The smallest absolute Gasteiger partial charge is 0.326 e. The zero-order valence-corrected chi connectivity index (χ0v) is 11.9. The number of benzene rings is 1. The number of hydrogen-bond acceptors (Lipinski definition) is 4. The number of aryl methyl sites for hydroxylation is 1. The minimum atomic E-state index is -0.965. The standard InChI is InChI=1S/C14H14FN3O4/c1-7-11(13(20)18-14(21)16-7)17-12(19)8(2)22-10-5-3-4-9(15)6-10/h3-6,8H,1-2H3,(H,17,19)(H2,16,18,20,21). The van der Waals surface area contributed by atoms with Gasteiger partial charge >= 0.3 is 5.69 Å². The van der Waals surface area contributed by atoms with Gasteiger partial charge in [0.2, 0.25) is 0 Å². The number of aromatic amines is 2. The molecule has 0 aliphatic heterocycles. The first-order valence-corrected chi connectivity index (χ1v) is 6.43. The molecule has 1 aromatic heterocycles. The first-order valence-electron chi connectivity index (χ1n) is 6.43. The highest BCUT2D eigenvalue weighted by Gasteiger charge is 2.18. The summed E-state index contributed by atoms with van der Waals surface area (Å²) in [5, 5.41) is 2.37. The summed E-state index contributed by atoms with van der Waals surface area (Å²) in [6.45, 7) is 2.93. The Kier molecular flexibility index (Phi) is 4.40. The van der Waals surface area contributed by atoms with Gasteiger partial charge in [-0.2, -0.15) is 0 Å². The maximum Gasteiger partial charge on any atom is 0.326 e. The van der Waals surface area contributed by atoms with Crippen molar-refractivity contribution in [1.29, 1.82) is 0 Å².